The second kappa shape index (κ2) is 10.3. The summed E-state index contributed by atoms with van der Waals surface area (Å²) in [6.45, 7) is 0. The summed E-state index contributed by atoms with van der Waals surface area (Å²) in [7, 11) is -1.76. The molecule has 0 aliphatic carbocycles. The first-order valence-corrected chi connectivity index (χ1v) is 12.9. The van der Waals surface area contributed by atoms with Crippen molar-refractivity contribution >= 4 is 57.0 Å². The zero-order valence-electron chi connectivity index (χ0n) is 17.9. The molecule has 4 aromatic carbocycles. The van der Waals surface area contributed by atoms with Crippen LogP contribution in [0.5, 0.6) is 5.75 Å². The van der Waals surface area contributed by atoms with Gasteiger partial charge in [0.2, 0.25) is 7.29 Å². The van der Waals surface area contributed by atoms with E-state index in [0.717, 1.165) is 27.6 Å². The van der Waals surface area contributed by atoms with E-state index in [1.807, 2.05) is 97.1 Å². The maximum absolute atomic E-state index is 14.3. The second-order valence-electron chi connectivity index (χ2n) is 7.37. The van der Waals surface area contributed by atoms with E-state index in [9.17, 15) is 4.57 Å². The molecule has 0 saturated heterocycles. The lowest BCUT2D eigenvalue weighted by atomic mass is 10.1. The van der Waals surface area contributed by atoms with E-state index in [4.69, 9.17) is 27.9 Å². The number of rotatable bonds is 7. The topological polar surface area (TPSA) is 38.3 Å². The lowest BCUT2D eigenvalue weighted by Gasteiger charge is -2.18. The largest absolute Gasteiger partial charge is 0.496 e. The van der Waals surface area contributed by atoms with Gasteiger partial charge in [-0.25, -0.2) is 0 Å². The molecular weight excluding hydrogens is 472 g/mol. The smallest absolute Gasteiger partial charge is 0.216 e. The lowest BCUT2D eigenvalue weighted by molar-refractivity contribution is 0.420. The van der Waals surface area contributed by atoms with Crippen LogP contribution < -0.4 is 9.82 Å². The molecule has 0 amide bonds. The summed E-state index contributed by atoms with van der Waals surface area (Å²) in [4.78, 5) is 0. The SMILES string of the molecule is COc1ccc(NP(=O)(C=C(Cl)c2ccccc2)C=C(Cl)c2ccccc2)c2ccccc12. The van der Waals surface area contributed by atoms with Gasteiger partial charge in [0.05, 0.1) is 17.2 Å². The number of halogens is 2. The van der Waals surface area contributed by atoms with E-state index in [2.05, 4.69) is 5.09 Å². The molecule has 0 radical (unpaired) electrons. The molecule has 0 unspecified atom stereocenters. The maximum Gasteiger partial charge on any atom is 0.216 e. The minimum Gasteiger partial charge on any atom is -0.496 e. The standard InChI is InChI=1S/C27H22Cl2NO2P/c1-32-27-17-16-26(22-14-8-9-15-23(22)27)30-33(31,18-24(28)20-10-4-2-5-11-20)19-25(29)21-12-6-3-7-13-21/h2-19H,1H3,(H,30,31). The number of nitrogens with one attached hydrogen (secondary N) is 1. The van der Waals surface area contributed by atoms with Crippen LogP contribution >= 0.6 is 30.5 Å². The number of fused-ring (bicyclic) bond motifs is 1. The fourth-order valence-electron chi connectivity index (χ4n) is 3.52. The van der Waals surface area contributed by atoms with Gasteiger partial charge in [-0.15, -0.1) is 0 Å². The van der Waals surface area contributed by atoms with Gasteiger partial charge in [0.25, 0.3) is 0 Å². The minimum absolute atomic E-state index is 0.373. The Morgan fingerprint density at radius 3 is 1.73 bits per heavy atom. The Bertz CT molecular complexity index is 1310. The molecule has 0 aliphatic heterocycles. The molecule has 0 saturated carbocycles. The van der Waals surface area contributed by atoms with Crippen LogP contribution in [-0.4, -0.2) is 7.11 Å². The van der Waals surface area contributed by atoms with Gasteiger partial charge in [-0.3, -0.25) is 4.57 Å². The monoisotopic (exact) mass is 493 g/mol. The van der Waals surface area contributed by atoms with Crippen molar-refractivity contribution in [2.45, 2.75) is 0 Å². The van der Waals surface area contributed by atoms with Gasteiger partial charge in [0.1, 0.15) is 5.75 Å². The van der Waals surface area contributed by atoms with E-state index in [0.29, 0.717) is 15.8 Å². The van der Waals surface area contributed by atoms with E-state index in [1.165, 1.54) is 0 Å². The molecule has 4 aromatic rings. The van der Waals surface area contributed by atoms with Crippen molar-refractivity contribution in [3.8, 4) is 5.75 Å². The zero-order chi connectivity index (χ0) is 23.3. The van der Waals surface area contributed by atoms with Gasteiger partial charge < -0.3 is 9.82 Å². The van der Waals surface area contributed by atoms with Crippen molar-refractivity contribution in [1.82, 2.24) is 0 Å². The molecular formula is C27H22Cl2NO2P. The Morgan fingerprint density at radius 2 is 1.21 bits per heavy atom. The first kappa shape index (κ1) is 23.2. The number of hydrogen-bond acceptors (Lipinski definition) is 2. The molecule has 0 aromatic heterocycles. The molecule has 3 nitrogen and oxygen atoms in total. The summed E-state index contributed by atoms with van der Waals surface area (Å²) >= 11 is 13.2. The van der Waals surface area contributed by atoms with Crippen LogP contribution in [0.25, 0.3) is 20.8 Å². The first-order chi connectivity index (χ1) is 16.0. The lowest BCUT2D eigenvalue weighted by Crippen LogP contribution is -1.96. The number of benzene rings is 4. The molecule has 0 aliphatic rings. The van der Waals surface area contributed by atoms with Crippen molar-refractivity contribution in [1.29, 1.82) is 0 Å². The number of hydrogen-bond donors (Lipinski definition) is 1. The summed E-state index contributed by atoms with van der Waals surface area (Å²) < 4.78 is 19.8. The second-order valence-corrected chi connectivity index (χ2v) is 10.3. The number of methoxy groups -OCH3 is 1. The van der Waals surface area contributed by atoms with Crippen LogP contribution in [0.15, 0.2) is 109 Å². The molecule has 1 N–H and O–H groups in total. The highest BCUT2D eigenvalue weighted by atomic mass is 35.5. The minimum atomic E-state index is -3.39. The van der Waals surface area contributed by atoms with Crippen LogP contribution in [0.1, 0.15) is 11.1 Å². The van der Waals surface area contributed by atoms with Crippen molar-refractivity contribution in [3.05, 3.63) is 120 Å². The summed E-state index contributed by atoms with van der Waals surface area (Å²) in [5, 5.41) is 5.77. The van der Waals surface area contributed by atoms with Crippen molar-refractivity contribution in [2.24, 2.45) is 0 Å². The van der Waals surface area contributed by atoms with Crippen molar-refractivity contribution in [2.75, 3.05) is 12.2 Å². The fraction of sp³-hybridized carbons (Fsp3) is 0.0370. The molecule has 0 spiro atoms. The van der Waals surface area contributed by atoms with Gasteiger partial charge in [-0.05, 0) is 23.3 Å². The molecule has 0 fully saturated rings. The summed E-state index contributed by atoms with van der Waals surface area (Å²) in [6, 6.07) is 30.3. The highest BCUT2D eigenvalue weighted by Crippen LogP contribution is 2.54. The van der Waals surface area contributed by atoms with Gasteiger partial charge in [0, 0.05) is 28.1 Å². The van der Waals surface area contributed by atoms with Gasteiger partial charge >= 0.3 is 0 Å². The van der Waals surface area contributed by atoms with E-state index >= 15 is 0 Å². The van der Waals surface area contributed by atoms with Gasteiger partial charge in [-0.1, -0.05) is 108 Å². The van der Waals surface area contributed by atoms with Crippen LogP contribution in [0.2, 0.25) is 0 Å². The Balaban J connectivity index is 1.83. The molecule has 4 rings (SSSR count). The summed E-state index contributed by atoms with van der Waals surface area (Å²) in [6.07, 6.45) is 0. The number of anilines is 1. The molecule has 0 heterocycles. The summed E-state index contributed by atoms with van der Waals surface area (Å²) in [5.41, 5.74) is 2.23. The third-order valence-electron chi connectivity index (χ3n) is 5.11. The number of ether oxygens (including phenoxy) is 1. The molecule has 6 heteroatoms. The highest BCUT2D eigenvalue weighted by molar-refractivity contribution is 7.72. The van der Waals surface area contributed by atoms with Gasteiger partial charge in [0.15, 0.2) is 0 Å². The van der Waals surface area contributed by atoms with Crippen LogP contribution in [0.4, 0.5) is 5.69 Å². The Morgan fingerprint density at radius 1 is 0.727 bits per heavy atom. The zero-order valence-corrected chi connectivity index (χ0v) is 20.3. The van der Waals surface area contributed by atoms with Crippen LogP contribution in [0.3, 0.4) is 0 Å². The average Bonchev–Trinajstić information content (AvgIpc) is 2.85. The third kappa shape index (κ3) is 5.51. The van der Waals surface area contributed by atoms with E-state index in [1.54, 1.807) is 18.7 Å². The summed E-state index contributed by atoms with van der Waals surface area (Å²) in [5.74, 6) is 3.84. The third-order valence-corrected chi connectivity index (χ3v) is 7.94. The van der Waals surface area contributed by atoms with Crippen LogP contribution in [-0.2, 0) is 4.57 Å². The molecule has 33 heavy (non-hydrogen) atoms. The molecule has 0 atom stereocenters. The van der Waals surface area contributed by atoms with E-state index in [-0.39, 0.29) is 0 Å². The van der Waals surface area contributed by atoms with Crippen molar-refractivity contribution < 1.29 is 9.30 Å². The molecule has 0 bridgehead atoms. The van der Waals surface area contributed by atoms with Gasteiger partial charge in [-0.2, -0.15) is 0 Å². The average molecular weight is 494 g/mol. The maximum atomic E-state index is 14.3. The Labute approximate surface area is 203 Å². The Hall–Kier alpha value is -2.97. The van der Waals surface area contributed by atoms with E-state index < -0.39 is 7.29 Å². The van der Waals surface area contributed by atoms with Crippen molar-refractivity contribution in [3.63, 3.8) is 0 Å². The molecule has 166 valence electrons. The predicted octanol–water partition coefficient (Wildman–Crippen LogP) is 9.01. The normalized spacial score (nSPS) is 14.0. The fourth-order valence-corrected chi connectivity index (χ4v) is 6.39. The highest BCUT2D eigenvalue weighted by Gasteiger charge is 2.21. The predicted molar refractivity (Wildman–Crippen MR) is 142 cm³/mol. The Kier molecular flexibility index (Phi) is 7.25. The van der Waals surface area contributed by atoms with Crippen LogP contribution in [0, 0.1) is 0 Å². The first-order valence-electron chi connectivity index (χ1n) is 10.3. The quantitative estimate of drug-likeness (QED) is 0.261.